The van der Waals surface area contributed by atoms with Crippen LogP contribution in [0.1, 0.15) is 33.5 Å². The highest BCUT2D eigenvalue weighted by Gasteiger charge is 2.31. The van der Waals surface area contributed by atoms with Crippen molar-refractivity contribution < 1.29 is 17.9 Å². The molecule has 0 saturated carbocycles. The van der Waals surface area contributed by atoms with E-state index in [9.17, 15) is 13.2 Å². The number of carbonyl (C=O) groups excluding carboxylic acids is 1. The van der Waals surface area contributed by atoms with Crippen LogP contribution in [0.15, 0.2) is 35.2 Å². The maximum absolute atomic E-state index is 12.8. The van der Waals surface area contributed by atoms with Crippen molar-refractivity contribution in [3.8, 4) is 5.75 Å². The van der Waals surface area contributed by atoms with E-state index in [-0.39, 0.29) is 10.8 Å². The molecule has 0 spiro atoms. The molecule has 0 bridgehead atoms. The van der Waals surface area contributed by atoms with E-state index in [2.05, 4.69) is 6.92 Å². The highest BCUT2D eigenvalue weighted by molar-refractivity contribution is 7.89. The number of hydrogen-bond acceptors (Lipinski definition) is 5. The van der Waals surface area contributed by atoms with Gasteiger partial charge in [-0.05, 0) is 49.2 Å². The van der Waals surface area contributed by atoms with Crippen molar-refractivity contribution in [2.24, 2.45) is 0 Å². The number of hydrogen-bond donors (Lipinski definition) is 0. The first kappa shape index (κ1) is 20.8. The minimum Gasteiger partial charge on any atom is -0.497 e. The first-order valence-electron chi connectivity index (χ1n) is 9.39. The van der Waals surface area contributed by atoms with Crippen molar-refractivity contribution in [3.63, 3.8) is 0 Å². The summed E-state index contributed by atoms with van der Waals surface area (Å²) in [6, 6.07) is 8.37. The fourth-order valence-corrected chi connectivity index (χ4v) is 5.79. The van der Waals surface area contributed by atoms with E-state index < -0.39 is 10.0 Å². The van der Waals surface area contributed by atoms with Gasteiger partial charge in [-0.15, -0.1) is 11.3 Å². The van der Waals surface area contributed by atoms with Gasteiger partial charge in [0.2, 0.25) is 10.0 Å². The lowest BCUT2D eigenvalue weighted by Gasteiger charge is -2.33. The Hall–Kier alpha value is -1.90. The largest absolute Gasteiger partial charge is 0.497 e. The van der Waals surface area contributed by atoms with Crippen LogP contribution in [0.25, 0.3) is 0 Å². The van der Waals surface area contributed by atoms with Gasteiger partial charge in [0.05, 0.1) is 16.9 Å². The molecule has 0 radical (unpaired) electrons. The molecular weight excluding hydrogens is 396 g/mol. The fourth-order valence-electron chi connectivity index (χ4n) is 3.33. The Bertz CT molecular complexity index is 928. The van der Waals surface area contributed by atoms with Crippen LogP contribution in [0.4, 0.5) is 0 Å². The summed E-state index contributed by atoms with van der Waals surface area (Å²) in [6.45, 7) is 5.56. The fraction of sp³-hybridized carbons (Fsp3) is 0.450. The third-order valence-corrected chi connectivity index (χ3v) is 7.97. The molecule has 1 saturated heterocycles. The minimum absolute atomic E-state index is 0.00283. The summed E-state index contributed by atoms with van der Waals surface area (Å²) < 4.78 is 32.2. The van der Waals surface area contributed by atoms with Crippen molar-refractivity contribution in [1.82, 2.24) is 9.21 Å². The summed E-state index contributed by atoms with van der Waals surface area (Å²) in [5.74, 6) is 0.611. The molecule has 2 aromatic rings. The van der Waals surface area contributed by atoms with Crippen molar-refractivity contribution in [2.75, 3.05) is 33.3 Å². The monoisotopic (exact) mass is 422 g/mol. The number of nitrogens with zero attached hydrogens (tertiary/aromatic N) is 2. The number of aryl methyl sites for hydroxylation is 2. The zero-order valence-electron chi connectivity index (χ0n) is 16.5. The van der Waals surface area contributed by atoms with Crippen molar-refractivity contribution in [3.05, 3.63) is 45.6 Å². The van der Waals surface area contributed by atoms with E-state index in [1.54, 1.807) is 36.3 Å². The first-order valence-corrected chi connectivity index (χ1v) is 11.6. The van der Waals surface area contributed by atoms with Crippen LogP contribution >= 0.6 is 11.3 Å². The number of benzene rings is 1. The van der Waals surface area contributed by atoms with Crippen molar-refractivity contribution in [2.45, 2.75) is 31.6 Å². The molecule has 0 aliphatic carbocycles. The van der Waals surface area contributed by atoms with E-state index >= 15 is 0 Å². The van der Waals surface area contributed by atoms with E-state index in [0.717, 1.165) is 17.7 Å². The van der Waals surface area contributed by atoms with Crippen LogP contribution < -0.4 is 4.74 Å². The van der Waals surface area contributed by atoms with Crippen LogP contribution in [0.3, 0.4) is 0 Å². The van der Waals surface area contributed by atoms with Gasteiger partial charge < -0.3 is 9.64 Å². The number of rotatable bonds is 6. The molecule has 152 valence electrons. The second-order valence-corrected chi connectivity index (χ2v) is 10.0. The number of ether oxygens (including phenoxy) is 1. The van der Waals surface area contributed by atoms with Crippen LogP contribution in [0.5, 0.6) is 5.75 Å². The lowest BCUT2D eigenvalue weighted by molar-refractivity contribution is 0.0702. The lowest BCUT2D eigenvalue weighted by Crippen LogP contribution is -2.50. The highest BCUT2D eigenvalue weighted by Crippen LogP contribution is 2.25. The van der Waals surface area contributed by atoms with Gasteiger partial charge in [0.25, 0.3) is 5.91 Å². The molecule has 1 aliphatic rings. The van der Waals surface area contributed by atoms with Crippen LogP contribution in [-0.4, -0.2) is 56.8 Å². The maximum atomic E-state index is 12.8. The predicted molar refractivity (Wildman–Crippen MR) is 111 cm³/mol. The zero-order chi connectivity index (χ0) is 20.3. The van der Waals surface area contributed by atoms with Crippen LogP contribution in [-0.2, 0) is 16.4 Å². The molecule has 1 amide bonds. The average Bonchev–Trinajstić information content (AvgIpc) is 3.08. The molecule has 0 unspecified atom stereocenters. The number of piperazine rings is 1. The summed E-state index contributed by atoms with van der Waals surface area (Å²) in [7, 11) is -2.03. The molecule has 3 rings (SSSR count). The number of sulfonamides is 1. The summed E-state index contributed by atoms with van der Waals surface area (Å²) in [5.41, 5.74) is 1.23. The smallest absolute Gasteiger partial charge is 0.264 e. The number of thiophene rings is 1. The Morgan fingerprint density at radius 3 is 2.36 bits per heavy atom. The molecule has 28 heavy (non-hydrogen) atoms. The molecule has 0 atom stereocenters. The quantitative estimate of drug-likeness (QED) is 0.717. The Labute approximate surface area is 170 Å². The summed E-state index contributed by atoms with van der Waals surface area (Å²) in [4.78, 5) is 16.7. The minimum atomic E-state index is -3.57. The molecule has 1 aliphatic heterocycles. The lowest BCUT2D eigenvalue weighted by atomic mass is 10.1. The van der Waals surface area contributed by atoms with Crippen LogP contribution in [0.2, 0.25) is 0 Å². The van der Waals surface area contributed by atoms with Gasteiger partial charge in [-0.25, -0.2) is 8.42 Å². The molecule has 1 aromatic heterocycles. The second kappa shape index (κ2) is 8.63. The average molecular weight is 423 g/mol. The standard InChI is InChI=1S/C20H26N2O4S2/c1-4-5-16-14-19(27-15(16)2)20(23)21-10-12-22(13-11-21)28(24,25)18-8-6-17(26-3)7-9-18/h6-9,14H,4-5,10-13H2,1-3H3. The Balaban J connectivity index is 1.66. The second-order valence-electron chi connectivity index (χ2n) is 6.81. The Morgan fingerprint density at radius 2 is 1.79 bits per heavy atom. The van der Waals surface area contributed by atoms with E-state index in [1.165, 1.54) is 26.1 Å². The molecular formula is C20H26N2O4S2. The summed E-state index contributed by atoms with van der Waals surface area (Å²) in [5, 5.41) is 0. The molecule has 6 nitrogen and oxygen atoms in total. The van der Waals surface area contributed by atoms with Gasteiger partial charge in [-0.3, -0.25) is 4.79 Å². The molecule has 1 aromatic carbocycles. The number of amides is 1. The summed E-state index contributed by atoms with van der Waals surface area (Å²) in [6.07, 6.45) is 2.02. The molecule has 8 heteroatoms. The molecule has 1 fully saturated rings. The van der Waals surface area contributed by atoms with Gasteiger partial charge in [-0.1, -0.05) is 13.3 Å². The summed E-state index contributed by atoms with van der Waals surface area (Å²) >= 11 is 1.53. The van der Waals surface area contributed by atoms with Gasteiger partial charge >= 0.3 is 0 Å². The number of methoxy groups -OCH3 is 1. The third kappa shape index (κ3) is 4.24. The van der Waals surface area contributed by atoms with E-state index in [1.807, 2.05) is 13.0 Å². The predicted octanol–water partition coefficient (Wildman–Crippen LogP) is 3.16. The maximum Gasteiger partial charge on any atom is 0.264 e. The molecule has 0 N–H and O–H groups in total. The topological polar surface area (TPSA) is 66.9 Å². The van der Waals surface area contributed by atoms with E-state index in [0.29, 0.717) is 31.9 Å². The highest BCUT2D eigenvalue weighted by atomic mass is 32.2. The van der Waals surface area contributed by atoms with Crippen molar-refractivity contribution >= 4 is 27.3 Å². The van der Waals surface area contributed by atoms with Crippen LogP contribution in [0, 0.1) is 6.92 Å². The van der Waals surface area contributed by atoms with Crippen molar-refractivity contribution in [1.29, 1.82) is 0 Å². The van der Waals surface area contributed by atoms with E-state index in [4.69, 9.17) is 4.74 Å². The Morgan fingerprint density at radius 1 is 1.14 bits per heavy atom. The Kier molecular flexibility index (Phi) is 6.42. The van der Waals surface area contributed by atoms with Gasteiger partial charge in [0.15, 0.2) is 0 Å². The first-order chi connectivity index (χ1) is 13.4. The normalized spacial score (nSPS) is 15.6. The van der Waals surface area contributed by atoms with Gasteiger partial charge in [-0.2, -0.15) is 4.31 Å². The third-order valence-electron chi connectivity index (χ3n) is 4.97. The molecule has 2 heterocycles. The SMILES string of the molecule is CCCc1cc(C(=O)N2CCN(S(=O)(=O)c3ccc(OC)cc3)CC2)sc1C. The number of carbonyl (C=O) groups is 1. The van der Waals surface area contributed by atoms with Gasteiger partial charge in [0.1, 0.15) is 5.75 Å². The zero-order valence-corrected chi connectivity index (χ0v) is 18.1. The van der Waals surface area contributed by atoms with Gasteiger partial charge in [0, 0.05) is 31.1 Å².